The monoisotopic (exact) mass is 746 g/mol. The summed E-state index contributed by atoms with van der Waals surface area (Å²) < 4.78 is 9.69. The highest BCUT2D eigenvalue weighted by Crippen LogP contribution is 2.29. The number of nitrogens with two attached hydrogens (primary N) is 2. The number of amides is 2. The van der Waals surface area contributed by atoms with Crippen LogP contribution in [0.25, 0.3) is 11.1 Å². The zero-order chi connectivity index (χ0) is 34.2. The maximum atomic E-state index is 13.5. The number of ether oxygens (including phenoxy) is 2. The van der Waals surface area contributed by atoms with Crippen molar-refractivity contribution in [3.8, 4) is 11.1 Å². The van der Waals surface area contributed by atoms with Gasteiger partial charge in [0.25, 0.3) is 11.8 Å². The Morgan fingerprint density at radius 3 is 1.35 bits per heavy atom. The summed E-state index contributed by atoms with van der Waals surface area (Å²) in [5.74, 6) is -2.36. The van der Waals surface area contributed by atoms with E-state index in [1.165, 1.54) is 26.4 Å². The predicted octanol–water partition coefficient (Wildman–Crippen LogP) is 2.23. The van der Waals surface area contributed by atoms with Gasteiger partial charge in [0.05, 0.1) is 26.3 Å². The molecular formula is C28H34N4O8S6. The van der Waals surface area contributed by atoms with Crippen molar-refractivity contribution in [2.75, 3.05) is 37.2 Å². The molecule has 6 N–H and O–H groups in total. The third-order valence-corrected chi connectivity index (χ3v) is 11.4. The average molecular weight is 747 g/mol. The number of thiol groups is 2. The molecule has 12 nitrogen and oxygen atoms in total. The lowest BCUT2D eigenvalue weighted by Gasteiger charge is -2.19. The van der Waals surface area contributed by atoms with E-state index in [2.05, 4.69) is 35.9 Å². The number of carbonyl (C=O) groups is 6. The van der Waals surface area contributed by atoms with Crippen LogP contribution in [-0.4, -0.2) is 95.4 Å². The molecule has 2 aromatic carbocycles. The van der Waals surface area contributed by atoms with Crippen molar-refractivity contribution >= 4 is 102 Å². The van der Waals surface area contributed by atoms with E-state index in [0.717, 1.165) is 43.2 Å². The summed E-state index contributed by atoms with van der Waals surface area (Å²) in [5, 5.41) is 4.64. The minimum Gasteiger partial charge on any atom is -0.467 e. The standard InChI is InChI=1S/C28H34N4O8S6/c1-39-25(35)21(13-43-45-27(37)19(29)11-41)31-23(33)17-9-5-3-7-15(17)16-8-4-6-10-18(16)24(34)32-22(26(36)40-2)14-44-46-28(38)20(30)12-42/h3-10,19-22,41-42H,11-14,29-30H2,1-2H3,(H,31,33)(H,32,34)/t19-,20-,21?,22?/m0/s1. The SMILES string of the molecule is COC(=O)C(CSSC(=O)[C@@H](N)CS)NC(=O)c1ccccc1-c1ccccc1C(=O)NC(CSSC(=O)[C@@H](N)CS)C(=O)OC. The summed E-state index contributed by atoms with van der Waals surface area (Å²) in [7, 11) is 6.13. The highest BCUT2D eigenvalue weighted by atomic mass is 33.1. The second kappa shape index (κ2) is 20.8. The first-order valence-electron chi connectivity index (χ1n) is 13.3. The summed E-state index contributed by atoms with van der Waals surface area (Å²) >= 11 is 8.01. The zero-order valence-electron chi connectivity index (χ0n) is 24.7. The normalized spacial score (nSPS) is 13.4. The molecule has 46 heavy (non-hydrogen) atoms. The van der Waals surface area contributed by atoms with E-state index >= 15 is 0 Å². The van der Waals surface area contributed by atoms with E-state index in [9.17, 15) is 28.8 Å². The number of hydrogen-bond acceptors (Lipinski definition) is 16. The maximum absolute atomic E-state index is 13.5. The van der Waals surface area contributed by atoms with Crippen molar-refractivity contribution in [2.45, 2.75) is 24.2 Å². The molecule has 0 aliphatic rings. The molecule has 0 aliphatic carbocycles. The molecule has 4 atom stereocenters. The molecule has 2 aromatic rings. The van der Waals surface area contributed by atoms with Gasteiger partial charge in [-0.2, -0.15) is 25.3 Å². The second-order valence-electron chi connectivity index (χ2n) is 9.14. The van der Waals surface area contributed by atoms with Crippen molar-refractivity contribution in [3.05, 3.63) is 59.7 Å². The number of methoxy groups -OCH3 is 2. The molecule has 2 unspecified atom stereocenters. The first-order chi connectivity index (χ1) is 22.0. The smallest absolute Gasteiger partial charge is 0.329 e. The highest BCUT2D eigenvalue weighted by molar-refractivity contribution is 8.82. The van der Waals surface area contributed by atoms with E-state index in [-0.39, 0.29) is 44.4 Å². The van der Waals surface area contributed by atoms with Crippen LogP contribution in [0.15, 0.2) is 48.5 Å². The molecule has 2 rings (SSSR count). The molecule has 0 spiro atoms. The number of carbonyl (C=O) groups excluding carboxylic acids is 6. The van der Waals surface area contributed by atoms with Crippen molar-refractivity contribution < 1.29 is 38.2 Å². The molecular weight excluding hydrogens is 713 g/mol. The third-order valence-electron chi connectivity index (χ3n) is 5.97. The number of esters is 2. The van der Waals surface area contributed by atoms with Crippen LogP contribution in [0, 0.1) is 0 Å². The Balaban J connectivity index is 2.29. The minimum atomic E-state index is -1.10. The first kappa shape index (κ1) is 39.9. The maximum Gasteiger partial charge on any atom is 0.329 e. The Morgan fingerprint density at radius 1 is 0.674 bits per heavy atom. The molecule has 0 heterocycles. The number of hydrogen-bond donors (Lipinski definition) is 6. The lowest BCUT2D eigenvalue weighted by Crippen LogP contribution is -2.44. The summed E-state index contributed by atoms with van der Waals surface area (Å²) in [5.41, 5.74) is 12.4. The number of rotatable bonds is 17. The molecule has 0 aromatic heterocycles. The van der Waals surface area contributed by atoms with Gasteiger partial charge < -0.3 is 31.6 Å². The van der Waals surface area contributed by atoms with E-state index in [4.69, 9.17) is 20.9 Å². The van der Waals surface area contributed by atoms with Gasteiger partial charge in [-0.3, -0.25) is 19.2 Å². The fourth-order valence-corrected chi connectivity index (χ4v) is 8.25. The Kier molecular flexibility index (Phi) is 18.0. The molecule has 2 amide bonds. The Hall–Kier alpha value is -2.32. The predicted molar refractivity (Wildman–Crippen MR) is 192 cm³/mol. The molecule has 0 saturated heterocycles. The summed E-state index contributed by atoms with van der Waals surface area (Å²) in [6.07, 6.45) is 0. The molecule has 250 valence electrons. The van der Waals surface area contributed by atoms with Gasteiger partial charge in [-0.1, -0.05) is 58.0 Å². The minimum absolute atomic E-state index is 0.00661. The van der Waals surface area contributed by atoms with Gasteiger partial charge >= 0.3 is 11.9 Å². The van der Waals surface area contributed by atoms with Crippen LogP contribution in [-0.2, 0) is 28.7 Å². The molecule has 0 fully saturated rings. The lowest BCUT2D eigenvalue weighted by molar-refractivity contribution is -0.143. The summed E-state index contributed by atoms with van der Waals surface area (Å²) in [6, 6.07) is 9.18. The van der Waals surface area contributed by atoms with Crippen LogP contribution in [0.4, 0.5) is 0 Å². The van der Waals surface area contributed by atoms with Gasteiger partial charge in [-0.15, -0.1) is 0 Å². The van der Waals surface area contributed by atoms with E-state index in [1.54, 1.807) is 36.4 Å². The summed E-state index contributed by atoms with van der Waals surface area (Å²) in [4.78, 5) is 76.1. The Morgan fingerprint density at radius 2 is 1.02 bits per heavy atom. The second-order valence-corrected chi connectivity index (χ2v) is 14.6. The molecule has 0 bridgehead atoms. The van der Waals surface area contributed by atoms with E-state index < -0.39 is 47.9 Å². The lowest BCUT2D eigenvalue weighted by atomic mass is 9.94. The summed E-state index contributed by atoms with van der Waals surface area (Å²) in [6.45, 7) is 0. The van der Waals surface area contributed by atoms with Crippen LogP contribution >= 0.6 is 68.4 Å². The van der Waals surface area contributed by atoms with E-state index in [0.29, 0.717) is 11.1 Å². The Bertz CT molecular complexity index is 1300. The zero-order valence-corrected chi connectivity index (χ0v) is 29.8. The topological polar surface area (TPSA) is 197 Å². The average Bonchev–Trinajstić information content (AvgIpc) is 3.08. The fourth-order valence-electron chi connectivity index (χ4n) is 3.52. The molecule has 18 heteroatoms. The van der Waals surface area contributed by atoms with Gasteiger partial charge in [0.2, 0.25) is 10.2 Å². The molecule has 0 aliphatic heterocycles. The van der Waals surface area contributed by atoms with Crippen LogP contribution in [0.3, 0.4) is 0 Å². The largest absolute Gasteiger partial charge is 0.467 e. The van der Waals surface area contributed by atoms with Gasteiger partial charge in [0, 0.05) is 34.1 Å². The Labute approximate surface area is 293 Å². The van der Waals surface area contributed by atoms with Gasteiger partial charge in [-0.05, 0) is 44.8 Å². The van der Waals surface area contributed by atoms with Crippen molar-refractivity contribution in [1.29, 1.82) is 0 Å². The molecule has 0 radical (unpaired) electrons. The highest BCUT2D eigenvalue weighted by Gasteiger charge is 2.28. The quantitative estimate of drug-likeness (QED) is 0.0783. The van der Waals surface area contributed by atoms with Crippen molar-refractivity contribution in [2.24, 2.45) is 11.5 Å². The van der Waals surface area contributed by atoms with Crippen LogP contribution in [0.2, 0.25) is 0 Å². The van der Waals surface area contributed by atoms with Crippen LogP contribution in [0.1, 0.15) is 20.7 Å². The van der Waals surface area contributed by atoms with Crippen LogP contribution < -0.4 is 22.1 Å². The van der Waals surface area contributed by atoms with Gasteiger partial charge in [0.15, 0.2) is 0 Å². The van der Waals surface area contributed by atoms with E-state index in [1.807, 2.05) is 0 Å². The number of nitrogens with one attached hydrogen (secondary N) is 2. The first-order valence-corrected chi connectivity index (χ1v) is 19.2. The third kappa shape index (κ3) is 12.0. The molecule has 0 saturated carbocycles. The van der Waals surface area contributed by atoms with Crippen LogP contribution in [0.5, 0.6) is 0 Å². The van der Waals surface area contributed by atoms with Crippen molar-refractivity contribution in [3.63, 3.8) is 0 Å². The number of benzene rings is 2. The fraction of sp³-hybridized carbons (Fsp3) is 0.357. The van der Waals surface area contributed by atoms with Crippen molar-refractivity contribution in [1.82, 2.24) is 10.6 Å². The van der Waals surface area contributed by atoms with Gasteiger partial charge in [-0.25, -0.2) is 9.59 Å². The van der Waals surface area contributed by atoms with Gasteiger partial charge in [0.1, 0.15) is 12.1 Å².